The summed E-state index contributed by atoms with van der Waals surface area (Å²) in [6.45, 7) is 0. The molecule has 0 aliphatic carbocycles. The van der Waals surface area contributed by atoms with Crippen LogP contribution in [0, 0.1) is 0 Å². The number of benzene rings is 2. The molecule has 0 aliphatic rings. The van der Waals surface area contributed by atoms with Gasteiger partial charge >= 0.3 is 0 Å². The van der Waals surface area contributed by atoms with Gasteiger partial charge in [-0.25, -0.2) is 0 Å². The van der Waals surface area contributed by atoms with Crippen LogP contribution in [0.3, 0.4) is 0 Å². The summed E-state index contributed by atoms with van der Waals surface area (Å²) in [4.78, 5) is 0. The molecule has 0 amide bonds. The van der Waals surface area contributed by atoms with Crippen molar-refractivity contribution < 1.29 is 38.6 Å². The number of hydrogen-bond donors (Lipinski definition) is 2. The zero-order chi connectivity index (χ0) is 24.4. The fourth-order valence-corrected chi connectivity index (χ4v) is 3.83. The number of aromatic hydroxyl groups is 2. The van der Waals surface area contributed by atoms with Crippen LogP contribution < -0.4 is 9.47 Å². The van der Waals surface area contributed by atoms with Crippen molar-refractivity contribution in [3.05, 3.63) is 35.4 Å². The van der Waals surface area contributed by atoms with Crippen molar-refractivity contribution in [1.29, 1.82) is 0 Å². The van der Waals surface area contributed by atoms with E-state index >= 15 is 0 Å². The average molecular weight is 465 g/mol. The van der Waals surface area contributed by atoms with Crippen LogP contribution in [0.1, 0.15) is 30.4 Å². The lowest BCUT2D eigenvalue weighted by molar-refractivity contribution is -0.106. The smallest absolute Gasteiger partial charge is 0.203 e. The van der Waals surface area contributed by atoms with Crippen molar-refractivity contribution in [3.63, 3.8) is 0 Å². The fraction of sp³-hybridized carbons (Fsp3) is 0.520. The van der Waals surface area contributed by atoms with Gasteiger partial charge in [-0.1, -0.05) is 6.07 Å². The third-order valence-corrected chi connectivity index (χ3v) is 5.65. The third-order valence-electron chi connectivity index (χ3n) is 5.65. The minimum atomic E-state index is -0.310. The van der Waals surface area contributed by atoms with Gasteiger partial charge in [0.05, 0.1) is 14.2 Å². The molecule has 2 rings (SSSR count). The molecular formula is C25H36O8. The zero-order valence-electron chi connectivity index (χ0n) is 20.3. The van der Waals surface area contributed by atoms with Crippen molar-refractivity contribution in [3.8, 4) is 34.1 Å². The van der Waals surface area contributed by atoms with Crippen LogP contribution in [0.2, 0.25) is 0 Å². The van der Waals surface area contributed by atoms with Crippen molar-refractivity contribution in [1.82, 2.24) is 0 Å². The van der Waals surface area contributed by atoms with Crippen LogP contribution in [0.25, 0.3) is 11.1 Å². The van der Waals surface area contributed by atoms with E-state index in [0.29, 0.717) is 48.1 Å². The van der Waals surface area contributed by atoms with Crippen LogP contribution in [0.15, 0.2) is 24.3 Å². The monoisotopic (exact) mass is 464 g/mol. The Kier molecular flexibility index (Phi) is 10.7. The van der Waals surface area contributed by atoms with Crippen LogP contribution in [-0.4, -0.2) is 65.5 Å². The first-order chi connectivity index (χ1) is 15.9. The van der Waals surface area contributed by atoms with Gasteiger partial charge in [-0.2, -0.15) is 0 Å². The highest BCUT2D eigenvalue weighted by Crippen LogP contribution is 2.48. The van der Waals surface area contributed by atoms with E-state index in [-0.39, 0.29) is 29.8 Å². The largest absolute Gasteiger partial charge is 0.507 e. The van der Waals surface area contributed by atoms with Gasteiger partial charge in [0.1, 0.15) is 5.75 Å². The number of hydrogen-bond acceptors (Lipinski definition) is 8. The number of aryl methyl sites for hydroxylation is 2. The van der Waals surface area contributed by atoms with Gasteiger partial charge in [-0.3, -0.25) is 0 Å². The summed E-state index contributed by atoms with van der Waals surface area (Å²) in [5, 5.41) is 21.5. The number of ether oxygens (including phenoxy) is 6. The molecule has 8 nitrogen and oxygen atoms in total. The van der Waals surface area contributed by atoms with Crippen LogP contribution in [-0.2, 0) is 31.8 Å². The van der Waals surface area contributed by atoms with E-state index in [1.807, 2.05) is 18.2 Å². The number of phenols is 2. The lowest BCUT2D eigenvalue weighted by Gasteiger charge is -2.19. The molecule has 0 aromatic heterocycles. The Hall–Kier alpha value is -2.52. The zero-order valence-corrected chi connectivity index (χ0v) is 20.3. The molecule has 2 N–H and O–H groups in total. The maximum absolute atomic E-state index is 10.8. The Balaban J connectivity index is 2.44. The van der Waals surface area contributed by atoms with Crippen molar-refractivity contribution >= 4 is 0 Å². The second-order valence-electron chi connectivity index (χ2n) is 7.58. The highest BCUT2D eigenvalue weighted by atomic mass is 16.7. The van der Waals surface area contributed by atoms with Crippen molar-refractivity contribution in [2.45, 2.75) is 44.7 Å². The summed E-state index contributed by atoms with van der Waals surface area (Å²) in [5.74, 6) is 0.695. The molecule has 184 valence electrons. The van der Waals surface area contributed by atoms with Gasteiger partial charge in [-0.05, 0) is 55.0 Å². The van der Waals surface area contributed by atoms with Crippen molar-refractivity contribution in [2.24, 2.45) is 0 Å². The molecule has 33 heavy (non-hydrogen) atoms. The molecule has 0 saturated heterocycles. The lowest BCUT2D eigenvalue weighted by Crippen LogP contribution is -2.13. The molecule has 0 spiro atoms. The average Bonchev–Trinajstić information content (AvgIpc) is 2.83. The Bertz CT molecular complexity index is 875. The molecule has 0 unspecified atom stereocenters. The summed E-state index contributed by atoms with van der Waals surface area (Å²) < 4.78 is 32.1. The second kappa shape index (κ2) is 13.3. The molecule has 0 aliphatic heterocycles. The van der Waals surface area contributed by atoms with Gasteiger partial charge in [0.2, 0.25) is 5.75 Å². The normalized spacial score (nSPS) is 11.4. The summed E-state index contributed by atoms with van der Waals surface area (Å²) in [7, 11) is 9.38. The number of phenolic OH excluding ortho intramolecular Hbond substituents is 2. The highest BCUT2D eigenvalue weighted by molar-refractivity contribution is 5.81. The molecule has 0 atom stereocenters. The Morgan fingerprint density at radius 3 is 1.88 bits per heavy atom. The predicted octanol–water partition coefficient (Wildman–Crippen LogP) is 4.28. The van der Waals surface area contributed by atoms with E-state index in [1.165, 1.54) is 14.2 Å². The summed E-state index contributed by atoms with van der Waals surface area (Å²) in [5.41, 5.74) is 2.89. The van der Waals surface area contributed by atoms with E-state index in [0.717, 1.165) is 12.0 Å². The first kappa shape index (κ1) is 26.7. The number of rotatable bonds is 14. The molecule has 0 heterocycles. The Morgan fingerprint density at radius 1 is 0.697 bits per heavy atom. The van der Waals surface area contributed by atoms with Gasteiger partial charge in [0.15, 0.2) is 24.1 Å². The summed E-state index contributed by atoms with van der Waals surface area (Å²) in [6, 6.07) is 7.25. The van der Waals surface area contributed by atoms with E-state index in [4.69, 9.17) is 28.4 Å². The predicted molar refractivity (Wildman–Crippen MR) is 125 cm³/mol. The minimum Gasteiger partial charge on any atom is -0.507 e. The van der Waals surface area contributed by atoms with E-state index in [9.17, 15) is 10.2 Å². The van der Waals surface area contributed by atoms with E-state index in [2.05, 4.69) is 0 Å². The first-order valence-electron chi connectivity index (χ1n) is 10.8. The molecular weight excluding hydrogens is 428 g/mol. The molecule has 0 saturated carbocycles. The van der Waals surface area contributed by atoms with Crippen molar-refractivity contribution in [2.75, 3.05) is 42.7 Å². The highest BCUT2D eigenvalue weighted by Gasteiger charge is 2.22. The topological polar surface area (TPSA) is 95.8 Å². The van der Waals surface area contributed by atoms with Crippen LogP contribution >= 0.6 is 0 Å². The van der Waals surface area contributed by atoms with Gasteiger partial charge in [-0.15, -0.1) is 0 Å². The lowest BCUT2D eigenvalue weighted by atomic mass is 9.95. The van der Waals surface area contributed by atoms with Gasteiger partial charge in [0.25, 0.3) is 0 Å². The maximum Gasteiger partial charge on any atom is 0.203 e. The van der Waals surface area contributed by atoms with E-state index in [1.54, 1.807) is 34.5 Å². The van der Waals surface area contributed by atoms with Crippen LogP contribution in [0.5, 0.6) is 23.0 Å². The molecule has 0 radical (unpaired) electrons. The molecule has 0 bridgehead atoms. The second-order valence-corrected chi connectivity index (χ2v) is 7.58. The maximum atomic E-state index is 10.8. The first-order valence-corrected chi connectivity index (χ1v) is 10.8. The van der Waals surface area contributed by atoms with Gasteiger partial charge < -0.3 is 38.6 Å². The molecule has 0 fully saturated rings. The molecule has 8 heteroatoms. The Morgan fingerprint density at radius 2 is 1.30 bits per heavy atom. The number of methoxy groups -OCH3 is 6. The fourth-order valence-electron chi connectivity index (χ4n) is 3.83. The van der Waals surface area contributed by atoms with E-state index < -0.39 is 0 Å². The third kappa shape index (κ3) is 6.74. The molecule has 2 aromatic rings. The summed E-state index contributed by atoms with van der Waals surface area (Å²) >= 11 is 0. The van der Waals surface area contributed by atoms with Crippen LogP contribution in [0.4, 0.5) is 0 Å². The standard InChI is InChI=1S/C25H36O8/c1-28-21(29-2)9-7-8-17-15-19(24(32-5)25(33-6)23(17)27)18-14-16(10-12-20(18)26)11-13-22(30-3)31-4/h10,12,14-15,21-22,26-27H,7-9,11,13H2,1-6H3. The quantitative estimate of drug-likeness (QED) is 0.400. The van der Waals surface area contributed by atoms with Gasteiger partial charge in [0, 0.05) is 46.0 Å². The minimum absolute atomic E-state index is 0.0168. The SMILES string of the molecule is COc1c(-c2cc(CCC(OC)OC)ccc2O)cc(CCCC(OC)OC)c(O)c1OC. The Labute approximate surface area is 196 Å². The molecule has 2 aromatic carbocycles. The summed E-state index contributed by atoms with van der Waals surface area (Å²) in [6.07, 6.45) is 2.69.